The number of esters is 1. The normalized spacial score (nSPS) is 11.3. The summed E-state index contributed by atoms with van der Waals surface area (Å²) in [5.41, 5.74) is 0. The molecule has 0 amide bonds. The third-order valence-electron chi connectivity index (χ3n) is 1.26. The SMILES string of the molecule is COCC(C)OC(C)=O.COCCOC. The minimum absolute atomic E-state index is 0.132. The molecule has 0 bridgehead atoms. The molecule has 0 saturated carbocycles. The van der Waals surface area contributed by atoms with Gasteiger partial charge < -0.3 is 18.9 Å². The number of carbonyl (C=O) groups excluding carboxylic acids is 1. The highest BCUT2D eigenvalue weighted by Gasteiger charge is 2.02. The average Bonchev–Trinajstić information content (AvgIpc) is 2.15. The van der Waals surface area contributed by atoms with Crippen LogP contribution in [0.3, 0.4) is 0 Å². The average molecular weight is 222 g/mol. The molecule has 5 nitrogen and oxygen atoms in total. The Hall–Kier alpha value is -0.650. The van der Waals surface area contributed by atoms with Gasteiger partial charge in [-0.2, -0.15) is 0 Å². The predicted molar refractivity (Wildman–Crippen MR) is 56.9 cm³/mol. The Balaban J connectivity index is 0. The topological polar surface area (TPSA) is 54.0 Å². The highest BCUT2D eigenvalue weighted by Crippen LogP contribution is 1.90. The van der Waals surface area contributed by atoms with Gasteiger partial charge in [-0.1, -0.05) is 0 Å². The summed E-state index contributed by atoms with van der Waals surface area (Å²) in [4.78, 5) is 10.3. The van der Waals surface area contributed by atoms with Crippen LogP contribution in [-0.4, -0.2) is 53.2 Å². The van der Waals surface area contributed by atoms with Gasteiger partial charge in [0.2, 0.25) is 0 Å². The van der Waals surface area contributed by atoms with E-state index in [-0.39, 0.29) is 12.1 Å². The molecule has 0 aliphatic rings. The molecule has 0 fully saturated rings. The van der Waals surface area contributed by atoms with E-state index in [1.54, 1.807) is 28.3 Å². The predicted octanol–water partition coefficient (Wildman–Crippen LogP) is 0.864. The molecule has 0 aromatic heterocycles. The molecule has 5 heteroatoms. The molecule has 0 saturated heterocycles. The molecule has 0 aromatic carbocycles. The van der Waals surface area contributed by atoms with Crippen molar-refractivity contribution in [2.24, 2.45) is 0 Å². The van der Waals surface area contributed by atoms with E-state index in [9.17, 15) is 4.79 Å². The van der Waals surface area contributed by atoms with Gasteiger partial charge in [0.05, 0.1) is 19.8 Å². The van der Waals surface area contributed by atoms with E-state index in [4.69, 9.17) is 9.47 Å². The Kier molecular flexibility index (Phi) is 14.9. The zero-order chi connectivity index (χ0) is 12.1. The molecule has 0 spiro atoms. The number of carbonyl (C=O) groups is 1. The van der Waals surface area contributed by atoms with Gasteiger partial charge >= 0.3 is 5.97 Å². The summed E-state index contributed by atoms with van der Waals surface area (Å²) >= 11 is 0. The van der Waals surface area contributed by atoms with Crippen molar-refractivity contribution in [3.05, 3.63) is 0 Å². The summed E-state index contributed by atoms with van der Waals surface area (Å²) in [6, 6.07) is 0. The smallest absolute Gasteiger partial charge is 0.302 e. The second-order valence-corrected chi connectivity index (χ2v) is 2.86. The van der Waals surface area contributed by atoms with Crippen LogP contribution < -0.4 is 0 Å². The lowest BCUT2D eigenvalue weighted by atomic mass is 10.4. The number of methoxy groups -OCH3 is 3. The van der Waals surface area contributed by atoms with Crippen molar-refractivity contribution in [2.75, 3.05) is 41.2 Å². The molecule has 0 radical (unpaired) electrons. The Bertz CT molecular complexity index is 134. The van der Waals surface area contributed by atoms with Gasteiger partial charge in [-0.05, 0) is 6.92 Å². The van der Waals surface area contributed by atoms with E-state index < -0.39 is 0 Å². The van der Waals surface area contributed by atoms with Crippen LogP contribution in [0.25, 0.3) is 0 Å². The lowest BCUT2D eigenvalue weighted by Crippen LogP contribution is -2.17. The molecule has 92 valence electrons. The standard InChI is InChI=1S/C6H12O3.C4H10O2/c1-5(4-8-3)9-6(2)7;1-5-3-4-6-2/h5H,4H2,1-3H3;3-4H2,1-2H3. The Morgan fingerprint density at radius 1 is 1.07 bits per heavy atom. The third-order valence-corrected chi connectivity index (χ3v) is 1.26. The zero-order valence-corrected chi connectivity index (χ0v) is 10.2. The van der Waals surface area contributed by atoms with Crippen LogP contribution in [0.2, 0.25) is 0 Å². The summed E-state index contributed by atoms with van der Waals surface area (Å²) in [5, 5.41) is 0. The first kappa shape index (κ1) is 16.8. The van der Waals surface area contributed by atoms with Gasteiger partial charge in [-0.3, -0.25) is 4.79 Å². The van der Waals surface area contributed by atoms with E-state index >= 15 is 0 Å². The van der Waals surface area contributed by atoms with Gasteiger partial charge in [0.1, 0.15) is 6.10 Å². The van der Waals surface area contributed by atoms with Crippen LogP contribution in [0.1, 0.15) is 13.8 Å². The number of hydrogen-bond donors (Lipinski definition) is 0. The molecular weight excluding hydrogens is 200 g/mol. The van der Waals surface area contributed by atoms with Crippen LogP contribution in [-0.2, 0) is 23.7 Å². The second kappa shape index (κ2) is 13.4. The minimum atomic E-state index is -0.264. The summed E-state index contributed by atoms with van der Waals surface area (Å²) < 4.78 is 18.8. The molecule has 1 atom stereocenters. The first-order valence-corrected chi connectivity index (χ1v) is 4.72. The number of hydrogen-bond acceptors (Lipinski definition) is 5. The molecule has 0 aliphatic heterocycles. The first-order chi connectivity index (χ1) is 7.08. The maximum absolute atomic E-state index is 10.3. The van der Waals surface area contributed by atoms with E-state index in [1.165, 1.54) is 6.92 Å². The quantitative estimate of drug-likeness (QED) is 0.493. The Labute approximate surface area is 91.6 Å². The third kappa shape index (κ3) is 19.7. The fourth-order valence-electron chi connectivity index (χ4n) is 0.719. The molecule has 0 heterocycles. The van der Waals surface area contributed by atoms with Crippen molar-refractivity contribution < 1.29 is 23.7 Å². The molecule has 0 rings (SSSR count). The molecule has 0 aromatic rings. The number of rotatable bonds is 6. The van der Waals surface area contributed by atoms with Gasteiger partial charge in [-0.25, -0.2) is 0 Å². The maximum Gasteiger partial charge on any atom is 0.302 e. The van der Waals surface area contributed by atoms with E-state index in [0.29, 0.717) is 19.8 Å². The van der Waals surface area contributed by atoms with Crippen molar-refractivity contribution in [1.82, 2.24) is 0 Å². The van der Waals surface area contributed by atoms with Crippen molar-refractivity contribution in [1.29, 1.82) is 0 Å². The lowest BCUT2D eigenvalue weighted by Gasteiger charge is -2.08. The van der Waals surface area contributed by atoms with Gasteiger partial charge in [0.25, 0.3) is 0 Å². The van der Waals surface area contributed by atoms with E-state index in [0.717, 1.165) is 0 Å². The van der Waals surface area contributed by atoms with Crippen LogP contribution in [0.4, 0.5) is 0 Å². The fraction of sp³-hybridized carbons (Fsp3) is 0.900. The lowest BCUT2D eigenvalue weighted by molar-refractivity contribution is -0.147. The molecule has 0 N–H and O–H groups in total. The van der Waals surface area contributed by atoms with Gasteiger partial charge in [0.15, 0.2) is 0 Å². The van der Waals surface area contributed by atoms with Gasteiger partial charge in [0, 0.05) is 28.3 Å². The van der Waals surface area contributed by atoms with Crippen molar-refractivity contribution in [2.45, 2.75) is 20.0 Å². The highest BCUT2D eigenvalue weighted by atomic mass is 16.6. The summed E-state index contributed by atoms with van der Waals surface area (Å²) in [7, 11) is 4.87. The summed E-state index contributed by atoms with van der Waals surface area (Å²) in [5.74, 6) is -0.264. The fourth-order valence-corrected chi connectivity index (χ4v) is 0.719. The van der Waals surface area contributed by atoms with E-state index in [1.807, 2.05) is 0 Å². The van der Waals surface area contributed by atoms with Crippen molar-refractivity contribution in [3.8, 4) is 0 Å². The highest BCUT2D eigenvalue weighted by molar-refractivity contribution is 5.66. The molecule has 0 aliphatic carbocycles. The van der Waals surface area contributed by atoms with Crippen molar-refractivity contribution in [3.63, 3.8) is 0 Å². The molecule has 15 heavy (non-hydrogen) atoms. The zero-order valence-electron chi connectivity index (χ0n) is 10.2. The summed E-state index contributed by atoms with van der Waals surface area (Å²) in [6.45, 7) is 5.00. The monoisotopic (exact) mass is 222 g/mol. The van der Waals surface area contributed by atoms with Crippen molar-refractivity contribution >= 4 is 5.97 Å². The number of ether oxygens (including phenoxy) is 4. The maximum atomic E-state index is 10.3. The molecule has 1 unspecified atom stereocenters. The van der Waals surface area contributed by atoms with Gasteiger partial charge in [-0.15, -0.1) is 0 Å². The Morgan fingerprint density at radius 2 is 1.53 bits per heavy atom. The summed E-state index contributed by atoms with van der Waals surface area (Å²) in [6.07, 6.45) is -0.132. The van der Waals surface area contributed by atoms with Crippen LogP contribution >= 0.6 is 0 Å². The first-order valence-electron chi connectivity index (χ1n) is 4.72. The van der Waals surface area contributed by atoms with Crippen LogP contribution in [0.5, 0.6) is 0 Å². The molecular formula is C10H22O5. The van der Waals surface area contributed by atoms with E-state index in [2.05, 4.69) is 9.47 Å². The Morgan fingerprint density at radius 3 is 1.80 bits per heavy atom. The second-order valence-electron chi connectivity index (χ2n) is 2.86. The minimum Gasteiger partial charge on any atom is -0.460 e. The van der Waals surface area contributed by atoms with Crippen LogP contribution in [0.15, 0.2) is 0 Å². The van der Waals surface area contributed by atoms with Crippen LogP contribution in [0, 0.1) is 0 Å². The largest absolute Gasteiger partial charge is 0.460 e.